The highest BCUT2D eigenvalue weighted by atomic mass is 35.5. The van der Waals surface area contributed by atoms with Crippen LogP contribution in [0.2, 0.25) is 5.02 Å². The van der Waals surface area contributed by atoms with Crippen molar-refractivity contribution < 1.29 is 14.0 Å². The number of nitrogens with zero attached hydrogens (tertiary/aromatic N) is 2. The van der Waals surface area contributed by atoms with E-state index in [9.17, 15) is 14.0 Å². The standard InChI is InChI=1S/C23H25ClFN3O2S.ClH/c1-15(29)23-28(20-7-4-18(24)12-22(20)31(23)26)13-16-8-10-27(11-9-16)14-21(30)17-2-5-19(25)6-3-17;/h2-7,12,16,23,26H,8-11,13-14H2,1H3;1H. The second kappa shape index (κ2) is 10.4. The highest BCUT2D eigenvalue weighted by Gasteiger charge is 2.38. The van der Waals surface area contributed by atoms with Gasteiger partial charge in [0, 0.05) is 22.0 Å². The second-order valence-electron chi connectivity index (χ2n) is 8.21. The molecule has 1 N–H and O–H groups in total. The van der Waals surface area contributed by atoms with Gasteiger partial charge in [0.05, 0.1) is 12.2 Å². The van der Waals surface area contributed by atoms with Crippen molar-refractivity contribution in [2.75, 3.05) is 31.1 Å². The van der Waals surface area contributed by atoms with E-state index in [2.05, 4.69) is 9.80 Å². The van der Waals surface area contributed by atoms with Gasteiger partial charge in [-0.05, 0) is 91.9 Å². The van der Waals surface area contributed by atoms with Crippen molar-refractivity contribution in [2.24, 2.45) is 5.92 Å². The Kier molecular flexibility index (Phi) is 8.09. The van der Waals surface area contributed by atoms with Gasteiger partial charge in [0.1, 0.15) is 11.2 Å². The van der Waals surface area contributed by atoms with E-state index < -0.39 is 16.1 Å². The van der Waals surface area contributed by atoms with Crippen molar-refractivity contribution in [3.05, 3.63) is 58.9 Å². The number of ketones is 2. The van der Waals surface area contributed by atoms with E-state index >= 15 is 0 Å². The number of carbonyl (C=O) groups excluding carboxylic acids is 2. The Hall–Kier alpha value is -1.80. The molecule has 2 atom stereocenters. The lowest BCUT2D eigenvalue weighted by Crippen LogP contribution is -2.45. The maximum atomic E-state index is 13.1. The molecule has 2 unspecified atom stereocenters. The molecule has 4 rings (SSSR count). The molecule has 1 fully saturated rings. The van der Waals surface area contributed by atoms with E-state index in [1.807, 2.05) is 18.2 Å². The minimum Gasteiger partial charge on any atom is -0.351 e. The lowest BCUT2D eigenvalue weighted by molar-refractivity contribution is -0.116. The topological polar surface area (TPSA) is 64.5 Å². The highest BCUT2D eigenvalue weighted by molar-refractivity contribution is 7.88. The van der Waals surface area contributed by atoms with Gasteiger partial charge >= 0.3 is 0 Å². The third-order valence-corrected chi connectivity index (χ3v) is 8.09. The summed E-state index contributed by atoms with van der Waals surface area (Å²) >= 11 is 6.13. The quantitative estimate of drug-likeness (QED) is 0.572. The minimum absolute atomic E-state index is 0. The van der Waals surface area contributed by atoms with Crippen LogP contribution in [-0.2, 0) is 15.5 Å². The molecule has 0 radical (unpaired) electrons. The molecule has 1 saturated heterocycles. The number of carbonyl (C=O) groups is 2. The summed E-state index contributed by atoms with van der Waals surface area (Å²) in [5.74, 6) is 0.0480. The van der Waals surface area contributed by atoms with Crippen molar-refractivity contribution in [3.63, 3.8) is 0 Å². The van der Waals surface area contributed by atoms with Crippen molar-refractivity contribution in [1.29, 1.82) is 4.78 Å². The number of hydrogen-bond donors (Lipinski definition) is 1. The van der Waals surface area contributed by atoms with Crippen molar-refractivity contribution in [3.8, 4) is 0 Å². The van der Waals surface area contributed by atoms with E-state index in [0.29, 0.717) is 23.0 Å². The molecule has 2 aliphatic rings. The SMILES string of the molecule is CC(=O)C1N(CC2CCN(CC(=O)c3ccc(F)cc3)CC2)c2ccc(Cl)cc2S1=N.Cl. The van der Waals surface area contributed by atoms with Crippen LogP contribution in [0.1, 0.15) is 30.1 Å². The van der Waals surface area contributed by atoms with Crippen LogP contribution in [-0.4, -0.2) is 48.0 Å². The Morgan fingerprint density at radius 1 is 1.16 bits per heavy atom. The molecule has 2 aliphatic heterocycles. The molecule has 0 amide bonds. The Balaban J connectivity index is 0.00000289. The van der Waals surface area contributed by atoms with E-state index in [-0.39, 0.29) is 29.8 Å². The Bertz CT molecular complexity index is 1030. The first-order valence-corrected chi connectivity index (χ1v) is 12.0. The lowest BCUT2D eigenvalue weighted by Gasteiger charge is -2.35. The Morgan fingerprint density at radius 3 is 2.44 bits per heavy atom. The van der Waals surface area contributed by atoms with E-state index in [1.54, 1.807) is 6.92 Å². The maximum absolute atomic E-state index is 13.1. The zero-order valence-electron chi connectivity index (χ0n) is 17.7. The van der Waals surface area contributed by atoms with Crippen LogP contribution in [0.4, 0.5) is 10.1 Å². The van der Waals surface area contributed by atoms with Gasteiger partial charge in [-0.25, -0.2) is 4.39 Å². The number of rotatable bonds is 6. The molecule has 2 aromatic carbocycles. The average Bonchev–Trinajstić information content (AvgIpc) is 3.01. The molecule has 2 aromatic rings. The minimum atomic E-state index is -0.938. The average molecular weight is 498 g/mol. The molecule has 0 aliphatic carbocycles. The van der Waals surface area contributed by atoms with Crippen LogP contribution in [0, 0.1) is 16.5 Å². The molecule has 5 nitrogen and oxygen atoms in total. The highest BCUT2D eigenvalue weighted by Crippen LogP contribution is 2.39. The third-order valence-electron chi connectivity index (χ3n) is 6.02. The van der Waals surface area contributed by atoms with E-state index in [1.165, 1.54) is 24.3 Å². The van der Waals surface area contributed by atoms with Gasteiger partial charge in [-0.2, -0.15) is 0 Å². The molecule has 9 heteroatoms. The number of piperidine rings is 1. The lowest BCUT2D eigenvalue weighted by atomic mass is 9.95. The number of hydrogen-bond acceptors (Lipinski definition) is 5. The number of nitrogens with one attached hydrogen (secondary N) is 1. The molecular formula is C23H26Cl2FN3O2S. The van der Waals surface area contributed by atoms with Gasteiger partial charge in [0.2, 0.25) is 0 Å². The van der Waals surface area contributed by atoms with Crippen LogP contribution >= 0.6 is 24.0 Å². The fourth-order valence-electron chi connectivity index (χ4n) is 4.39. The first kappa shape index (κ1) is 24.8. The summed E-state index contributed by atoms with van der Waals surface area (Å²) in [6, 6.07) is 11.2. The Morgan fingerprint density at radius 2 is 1.81 bits per heavy atom. The summed E-state index contributed by atoms with van der Waals surface area (Å²) in [5.41, 5.74) is 1.47. The van der Waals surface area contributed by atoms with Crippen molar-refractivity contribution in [2.45, 2.75) is 30.0 Å². The second-order valence-corrected chi connectivity index (χ2v) is 10.2. The zero-order valence-corrected chi connectivity index (χ0v) is 20.1. The van der Waals surface area contributed by atoms with Crippen molar-refractivity contribution >= 4 is 52.0 Å². The van der Waals surface area contributed by atoms with Gasteiger partial charge in [0.15, 0.2) is 11.6 Å². The fraction of sp³-hybridized carbons (Fsp3) is 0.391. The predicted octanol–water partition coefficient (Wildman–Crippen LogP) is 4.97. The summed E-state index contributed by atoms with van der Waals surface area (Å²) in [6.07, 6.45) is 1.85. The van der Waals surface area contributed by atoms with E-state index in [0.717, 1.165) is 43.1 Å². The molecule has 2 heterocycles. The van der Waals surface area contributed by atoms with Crippen LogP contribution in [0.5, 0.6) is 0 Å². The first-order valence-electron chi connectivity index (χ1n) is 10.4. The van der Waals surface area contributed by atoms with Gasteiger partial charge in [0.25, 0.3) is 0 Å². The number of benzene rings is 2. The van der Waals surface area contributed by atoms with Crippen LogP contribution in [0.25, 0.3) is 0 Å². The number of likely N-dealkylation sites (tertiary alicyclic amines) is 1. The normalized spacial score (nSPS) is 21.2. The molecule has 172 valence electrons. The number of Topliss-reactive ketones (excluding diaryl/α,β-unsaturated/α-hetero) is 2. The van der Waals surface area contributed by atoms with E-state index in [4.69, 9.17) is 16.4 Å². The summed E-state index contributed by atoms with van der Waals surface area (Å²) in [4.78, 5) is 29.9. The molecule has 0 saturated carbocycles. The van der Waals surface area contributed by atoms with Crippen LogP contribution in [0.3, 0.4) is 0 Å². The molecule has 0 aromatic heterocycles. The largest absolute Gasteiger partial charge is 0.351 e. The summed E-state index contributed by atoms with van der Waals surface area (Å²) in [6.45, 7) is 4.21. The van der Waals surface area contributed by atoms with Crippen LogP contribution < -0.4 is 4.90 Å². The third kappa shape index (κ3) is 5.22. The number of fused-ring (bicyclic) bond motifs is 1. The zero-order chi connectivity index (χ0) is 22.1. The maximum Gasteiger partial charge on any atom is 0.176 e. The summed E-state index contributed by atoms with van der Waals surface area (Å²) in [5, 5.41) is 0.137. The molecule has 32 heavy (non-hydrogen) atoms. The summed E-state index contributed by atoms with van der Waals surface area (Å²) < 4.78 is 21.7. The van der Waals surface area contributed by atoms with Gasteiger partial charge in [-0.15, -0.1) is 12.4 Å². The molecule has 0 spiro atoms. The number of halogens is 3. The molecular weight excluding hydrogens is 472 g/mol. The monoisotopic (exact) mass is 497 g/mol. The van der Waals surface area contributed by atoms with Crippen LogP contribution in [0.15, 0.2) is 47.4 Å². The first-order chi connectivity index (χ1) is 14.8. The Labute approximate surface area is 201 Å². The van der Waals surface area contributed by atoms with Gasteiger partial charge in [-0.3, -0.25) is 19.3 Å². The van der Waals surface area contributed by atoms with Gasteiger partial charge < -0.3 is 4.90 Å². The summed E-state index contributed by atoms with van der Waals surface area (Å²) in [7, 11) is -0.938. The van der Waals surface area contributed by atoms with Gasteiger partial charge in [-0.1, -0.05) is 11.6 Å². The predicted molar refractivity (Wildman–Crippen MR) is 129 cm³/mol. The smallest absolute Gasteiger partial charge is 0.176 e. The van der Waals surface area contributed by atoms with Crippen molar-refractivity contribution in [1.82, 2.24) is 4.90 Å². The fourth-order valence-corrected chi connectivity index (χ4v) is 6.32. The molecule has 0 bridgehead atoms. The number of anilines is 1.